The molecule has 2 saturated heterocycles. The summed E-state index contributed by atoms with van der Waals surface area (Å²) in [6, 6.07) is 14.0. The molecule has 0 radical (unpaired) electrons. The van der Waals surface area contributed by atoms with Gasteiger partial charge in [-0.25, -0.2) is 8.42 Å². The Labute approximate surface area is 199 Å². The zero-order chi connectivity index (χ0) is 23.4. The van der Waals surface area contributed by atoms with Crippen LogP contribution in [0.3, 0.4) is 0 Å². The van der Waals surface area contributed by atoms with Gasteiger partial charge in [-0.1, -0.05) is 35.9 Å². The van der Waals surface area contributed by atoms with E-state index in [1.165, 1.54) is 16.4 Å². The number of nitrogens with one attached hydrogen (secondary N) is 1. The molecular weight excluding hydrogens is 462 g/mol. The maximum atomic E-state index is 12.9. The van der Waals surface area contributed by atoms with Gasteiger partial charge in [0.05, 0.1) is 10.8 Å². The van der Waals surface area contributed by atoms with E-state index in [2.05, 4.69) is 5.32 Å². The first-order valence-electron chi connectivity index (χ1n) is 11.2. The number of piperidine rings is 1. The van der Waals surface area contributed by atoms with Crippen molar-refractivity contribution in [3.05, 3.63) is 64.7 Å². The molecule has 7 nitrogen and oxygen atoms in total. The fraction of sp³-hybridized carbons (Fsp3) is 0.417. The van der Waals surface area contributed by atoms with Crippen molar-refractivity contribution in [2.45, 2.75) is 43.7 Å². The summed E-state index contributed by atoms with van der Waals surface area (Å²) in [6.07, 6.45) is 2.84. The maximum Gasteiger partial charge on any atom is 0.243 e. The van der Waals surface area contributed by atoms with Crippen LogP contribution in [-0.4, -0.2) is 49.1 Å². The van der Waals surface area contributed by atoms with Crippen molar-refractivity contribution < 1.29 is 18.0 Å². The lowest BCUT2D eigenvalue weighted by Crippen LogP contribution is -2.45. The Balaban J connectivity index is 1.31. The van der Waals surface area contributed by atoms with Crippen LogP contribution >= 0.6 is 11.6 Å². The Morgan fingerprint density at radius 2 is 1.70 bits per heavy atom. The van der Waals surface area contributed by atoms with Crippen LogP contribution in [0.5, 0.6) is 0 Å². The van der Waals surface area contributed by atoms with E-state index in [0.717, 1.165) is 24.1 Å². The smallest absolute Gasteiger partial charge is 0.243 e. The van der Waals surface area contributed by atoms with E-state index >= 15 is 0 Å². The van der Waals surface area contributed by atoms with Crippen molar-refractivity contribution >= 4 is 33.4 Å². The summed E-state index contributed by atoms with van der Waals surface area (Å²) in [5.41, 5.74) is 2.02. The summed E-state index contributed by atoms with van der Waals surface area (Å²) >= 11 is 5.87. The van der Waals surface area contributed by atoms with E-state index in [1.807, 2.05) is 29.2 Å². The molecule has 0 aromatic heterocycles. The van der Waals surface area contributed by atoms with Gasteiger partial charge >= 0.3 is 0 Å². The fourth-order valence-corrected chi connectivity index (χ4v) is 5.97. The molecule has 0 spiro atoms. The van der Waals surface area contributed by atoms with Crippen LogP contribution in [0, 0.1) is 5.92 Å². The number of benzene rings is 2. The predicted molar refractivity (Wildman–Crippen MR) is 126 cm³/mol. The average molecular weight is 490 g/mol. The van der Waals surface area contributed by atoms with E-state index in [1.54, 1.807) is 12.1 Å². The van der Waals surface area contributed by atoms with Gasteiger partial charge in [0, 0.05) is 44.2 Å². The number of sulfonamides is 1. The van der Waals surface area contributed by atoms with Crippen molar-refractivity contribution in [3.8, 4) is 0 Å². The number of hydrogen-bond donors (Lipinski definition) is 1. The van der Waals surface area contributed by atoms with Crippen molar-refractivity contribution in [3.63, 3.8) is 0 Å². The monoisotopic (exact) mass is 489 g/mol. The molecule has 176 valence electrons. The van der Waals surface area contributed by atoms with Gasteiger partial charge in [-0.3, -0.25) is 9.59 Å². The number of halogens is 1. The molecule has 0 unspecified atom stereocenters. The van der Waals surface area contributed by atoms with Crippen LogP contribution in [0.1, 0.15) is 36.8 Å². The minimum atomic E-state index is -3.66. The van der Waals surface area contributed by atoms with E-state index in [-0.39, 0.29) is 29.2 Å². The van der Waals surface area contributed by atoms with Crippen LogP contribution in [-0.2, 0) is 32.7 Å². The Kier molecular flexibility index (Phi) is 7.36. The van der Waals surface area contributed by atoms with E-state index in [4.69, 9.17) is 11.6 Å². The highest BCUT2D eigenvalue weighted by Crippen LogP contribution is 2.25. The van der Waals surface area contributed by atoms with Gasteiger partial charge in [0.2, 0.25) is 21.8 Å². The molecule has 33 heavy (non-hydrogen) atoms. The van der Waals surface area contributed by atoms with Crippen LogP contribution in [0.15, 0.2) is 53.4 Å². The van der Waals surface area contributed by atoms with E-state index in [0.29, 0.717) is 43.9 Å². The number of likely N-dealkylation sites (tertiary alicyclic amines) is 1. The highest BCUT2D eigenvalue weighted by Gasteiger charge is 2.33. The summed E-state index contributed by atoms with van der Waals surface area (Å²) in [6.45, 7) is 2.37. The molecule has 4 rings (SSSR count). The number of rotatable bonds is 7. The Morgan fingerprint density at radius 3 is 2.36 bits per heavy atom. The van der Waals surface area contributed by atoms with Crippen LogP contribution in [0.2, 0.25) is 5.02 Å². The zero-order valence-electron chi connectivity index (χ0n) is 18.4. The highest BCUT2D eigenvalue weighted by atomic mass is 35.5. The molecule has 2 aliphatic heterocycles. The maximum absolute atomic E-state index is 12.9. The predicted octanol–water partition coefficient (Wildman–Crippen LogP) is 3.18. The Morgan fingerprint density at radius 1 is 1.00 bits per heavy atom. The zero-order valence-corrected chi connectivity index (χ0v) is 19.9. The summed E-state index contributed by atoms with van der Waals surface area (Å²) < 4.78 is 27.3. The second-order valence-corrected chi connectivity index (χ2v) is 11.0. The molecule has 2 aromatic rings. The first kappa shape index (κ1) is 23.7. The number of carbonyl (C=O) groups excluding carboxylic acids is 2. The van der Waals surface area contributed by atoms with E-state index in [9.17, 15) is 18.0 Å². The Hall–Kier alpha value is -2.42. The van der Waals surface area contributed by atoms with Gasteiger partial charge in [-0.15, -0.1) is 0 Å². The summed E-state index contributed by atoms with van der Waals surface area (Å²) in [4.78, 5) is 26.6. The number of carbonyl (C=O) groups is 2. The summed E-state index contributed by atoms with van der Waals surface area (Å²) in [7, 11) is -3.66. The lowest BCUT2D eigenvalue weighted by Gasteiger charge is -2.31. The number of amides is 2. The second-order valence-electron chi connectivity index (χ2n) is 8.61. The third-order valence-corrected chi connectivity index (χ3v) is 8.37. The normalized spacial score (nSPS) is 19.6. The summed E-state index contributed by atoms with van der Waals surface area (Å²) in [5, 5.41) is 3.42. The van der Waals surface area contributed by atoms with Gasteiger partial charge in [0.15, 0.2) is 0 Å². The van der Waals surface area contributed by atoms with Gasteiger partial charge in [-0.05, 0) is 54.7 Å². The third-order valence-electron chi connectivity index (χ3n) is 6.24. The Bertz CT molecular complexity index is 1100. The second kappa shape index (κ2) is 10.2. The molecule has 9 heteroatoms. The number of nitrogens with zero attached hydrogens (tertiary/aromatic N) is 2. The molecule has 1 atom stereocenters. The molecule has 2 heterocycles. The third kappa shape index (κ3) is 5.75. The minimum Gasteiger partial charge on any atom is -0.352 e. The lowest BCUT2D eigenvalue weighted by atomic mass is 9.98. The molecule has 0 aliphatic carbocycles. The molecule has 0 bridgehead atoms. The fourth-order valence-electron chi connectivity index (χ4n) is 4.32. The lowest BCUT2D eigenvalue weighted by molar-refractivity contribution is -0.128. The van der Waals surface area contributed by atoms with Crippen molar-refractivity contribution in [2.24, 2.45) is 5.92 Å². The topological polar surface area (TPSA) is 86.8 Å². The van der Waals surface area contributed by atoms with Gasteiger partial charge in [0.1, 0.15) is 0 Å². The molecular formula is C24H28ClN3O4S. The molecule has 2 aromatic carbocycles. The van der Waals surface area contributed by atoms with Crippen LogP contribution < -0.4 is 5.32 Å². The van der Waals surface area contributed by atoms with E-state index < -0.39 is 10.0 Å². The van der Waals surface area contributed by atoms with Gasteiger partial charge < -0.3 is 10.2 Å². The quantitative estimate of drug-likeness (QED) is 0.647. The van der Waals surface area contributed by atoms with Crippen molar-refractivity contribution in [1.29, 1.82) is 0 Å². The average Bonchev–Trinajstić information content (AvgIpc) is 3.23. The van der Waals surface area contributed by atoms with Crippen LogP contribution in [0.4, 0.5) is 0 Å². The molecule has 2 aliphatic rings. The molecule has 2 fully saturated rings. The van der Waals surface area contributed by atoms with Crippen molar-refractivity contribution in [1.82, 2.24) is 14.5 Å². The first-order valence-corrected chi connectivity index (χ1v) is 13.0. The minimum absolute atomic E-state index is 0.141. The summed E-state index contributed by atoms with van der Waals surface area (Å²) in [5.74, 6) is -0.329. The SMILES string of the molecule is O=C(NCc1ccc(CN2CCCC2=O)cc1)[C@H]1CCCN(S(=O)(=O)c2ccc(Cl)cc2)C1. The van der Waals surface area contributed by atoms with Crippen molar-refractivity contribution in [2.75, 3.05) is 19.6 Å². The van der Waals surface area contributed by atoms with Crippen LogP contribution in [0.25, 0.3) is 0 Å². The number of hydrogen-bond acceptors (Lipinski definition) is 4. The molecule has 2 amide bonds. The molecule has 1 N–H and O–H groups in total. The first-order chi connectivity index (χ1) is 15.8. The largest absolute Gasteiger partial charge is 0.352 e. The van der Waals surface area contributed by atoms with Gasteiger partial charge in [0.25, 0.3) is 0 Å². The van der Waals surface area contributed by atoms with Gasteiger partial charge in [-0.2, -0.15) is 4.31 Å². The molecule has 0 saturated carbocycles. The standard InChI is InChI=1S/C24H28ClN3O4S/c25-21-9-11-22(12-10-21)33(31,32)28-14-1-3-20(17-28)24(30)26-15-18-5-7-19(8-6-18)16-27-13-2-4-23(27)29/h5-12,20H,1-4,13-17H2,(H,26,30)/t20-/m0/s1. The highest BCUT2D eigenvalue weighted by molar-refractivity contribution is 7.89.